The number of hydrogen-bond acceptors (Lipinski definition) is 6. The topological polar surface area (TPSA) is 110 Å². The van der Waals surface area contributed by atoms with E-state index in [1.165, 1.54) is 6.92 Å². The van der Waals surface area contributed by atoms with Crippen molar-refractivity contribution >= 4 is 35.0 Å². The van der Waals surface area contributed by atoms with Crippen molar-refractivity contribution in [2.75, 3.05) is 11.1 Å². The highest BCUT2D eigenvalue weighted by atomic mass is 35.5. The maximum absolute atomic E-state index is 11.4. The summed E-state index contributed by atoms with van der Waals surface area (Å²) in [5.74, 6) is -0.383. The van der Waals surface area contributed by atoms with Crippen LogP contribution in [0.4, 0.5) is 17.5 Å². The zero-order valence-corrected chi connectivity index (χ0v) is 11.7. The van der Waals surface area contributed by atoms with Gasteiger partial charge in [0, 0.05) is 17.6 Å². The molecule has 1 aromatic heterocycles. The highest BCUT2D eigenvalue weighted by Crippen LogP contribution is 2.24. The number of anilines is 3. The van der Waals surface area contributed by atoms with E-state index in [1.807, 2.05) is 6.92 Å². The predicted molar refractivity (Wildman–Crippen MR) is 76.1 cm³/mol. The quantitative estimate of drug-likeness (QED) is 0.780. The Hall–Kier alpha value is -2.41. The molecule has 0 aliphatic rings. The Labute approximate surface area is 119 Å². The number of rotatable bonds is 2. The summed E-state index contributed by atoms with van der Waals surface area (Å²) >= 11 is 6.02. The lowest BCUT2D eigenvalue weighted by atomic mass is 10.2. The molecule has 4 N–H and O–H groups in total. The van der Waals surface area contributed by atoms with E-state index in [1.54, 1.807) is 18.2 Å². The van der Waals surface area contributed by atoms with E-state index in [9.17, 15) is 4.79 Å². The summed E-state index contributed by atoms with van der Waals surface area (Å²) < 4.78 is 0.880. The SMILES string of the molecule is CC(=O)n1nc(Nc2cccc(Cl)c2C)nc(N)c1=N. The number of nitrogens with zero attached hydrogens (tertiary/aromatic N) is 3. The van der Waals surface area contributed by atoms with Gasteiger partial charge < -0.3 is 11.1 Å². The van der Waals surface area contributed by atoms with Crippen molar-refractivity contribution < 1.29 is 4.79 Å². The van der Waals surface area contributed by atoms with Crippen molar-refractivity contribution in [2.24, 2.45) is 0 Å². The minimum Gasteiger partial charge on any atom is -0.380 e. The van der Waals surface area contributed by atoms with Gasteiger partial charge in [-0.3, -0.25) is 10.2 Å². The Morgan fingerprint density at radius 2 is 2.20 bits per heavy atom. The molecule has 0 unspecified atom stereocenters. The van der Waals surface area contributed by atoms with E-state index < -0.39 is 5.91 Å². The Morgan fingerprint density at radius 1 is 1.50 bits per heavy atom. The maximum Gasteiger partial charge on any atom is 0.247 e. The lowest BCUT2D eigenvalue weighted by molar-refractivity contribution is 0.0913. The monoisotopic (exact) mass is 292 g/mol. The van der Waals surface area contributed by atoms with Gasteiger partial charge in [-0.05, 0) is 24.6 Å². The molecule has 104 valence electrons. The van der Waals surface area contributed by atoms with Crippen molar-refractivity contribution in [1.29, 1.82) is 5.41 Å². The lowest BCUT2D eigenvalue weighted by Gasteiger charge is -2.11. The summed E-state index contributed by atoms with van der Waals surface area (Å²) in [5, 5.41) is 15.1. The molecule has 2 rings (SSSR count). The average molecular weight is 293 g/mol. The molecule has 0 spiro atoms. The van der Waals surface area contributed by atoms with Crippen LogP contribution in [0.1, 0.15) is 17.3 Å². The second-order valence-corrected chi connectivity index (χ2v) is 4.54. The molecule has 0 saturated heterocycles. The second kappa shape index (κ2) is 5.30. The minimum atomic E-state index is -0.421. The molecule has 20 heavy (non-hydrogen) atoms. The molecular weight excluding hydrogens is 280 g/mol. The van der Waals surface area contributed by atoms with E-state index >= 15 is 0 Å². The molecule has 1 aromatic carbocycles. The van der Waals surface area contributed by atoms with Gasteiger partial charge >= 0.3 is 0 Å². The number of hydrogen-bond donors (Lipinski definition) is 3. The molecular formula is C12H13ClN6O. The first-order valence-corrected chi connectivity index (χ1v) is 6.12. The van der Waals surface area contributed by atoms with E-state index in [0.717, 1.165) is 10.2 Å². The summed E-state index contributed by atoms with van der Waals surface area (Å²) in [7, 11) is 0. The fourth-order valence-corrected chi connectivity index (χ4v) is 1.76. The maximum atomic E-state index is 11.4. The summed E-state index contributed by atoms with van der Waals surface area (Å²) in [6, 6.07) is 5.34. The molecule has 8 heteroatoms. The first-order chi connectivity index (χ1) is 9.40. The molecule has 2 aromatic rings. The number of carbonyl (C=O) groups is 1. The highest BCUT2D eigenvalue weighted by molar-refractivity contribution is 6.31. The van der Waals surface area contributed by atoms with Crippen LogP contribution in [0.25, 0.3) is 0 Å². The van der Waals surface area contributed by atoms with Crippen molar-refractivity contribution in [2.45, 2.75) is 13.8 Å². The normalized spacial score (nSPS) is 10.3. The third-order valence-corrected chi connectivity index (χ3v) is 3.10. The largest absolute Gasteiger partial charge is 0.380 e. The van der Waals surface area contributed by atoms with E-state index in [-0.39, 0.29) is 17.3 Å². The second-order valence-electron chi connectivity index (χ2n) is 4.14. The number of nitrogens with two attached hydrogens (primary N) is 1. The summed E-state index contributed by atoms with van der Waals surface area (Å²) in [6.45, 7) is 3.13. The predicted octanol–water partition coefficient (Wildman–Crippen LogP) is 1.71. The number of carbonyl (C=O) groups excluding carboxylic acids is 1. The van der Waals surface area contributed by atoms with Gasteiger partial charge in [-0.15, -0.1) is 5.10 Å². The molecule has 0 radical (unpaired) electrons. The van der Waals surface area contributed by atoms with Crippen LogP contribution in [0.2, 0.25) is 5.02 Å². The van der Waals surface area contributed by atoms with Crippen LogP contribution in [0.15, 0.2) is 18.2 Å². The molecule has 0 aliphatic carbocycles. The van der Waals surface area contributed by atoms with Gasteiger partial charge in [0.05, 0.1) is 0 Å². The third-order valence-electron chi connectivity index (χ3n) is 2.69. The highest BCUT2D eigenvalue weighted by Gasteiger charge is 2.10. The number of benzene rings is 1. The lowest BCUT2D eigenvalue weighted by Crippen LogP contribution is -2.31. The fourth-order valence-electron chi connectivity index (χ4n) is 1.59. The van der Waals surface area contributed by atoms with Gasteiger partial charge in [0.15, 0.2) is 11.3 Å². The number of aromatic nitrogens is 3. The van der Waals surface area contributed by atoms with Crippen LogP contribution >= 0.6 is 11.6 Å². The van der Waals surface area contributed by atoms with Crippen LogP contribution in [0.5, 0.6) is 0 Å². The van der Waals surface area contributed by atoms with Gasteiger partial charge in [-0.25, -0.2) is 0 Å². The Bertz CT molecular complexity index is 739. The molecule has 0 fully saturated rings. The van der Waals surface area contributed by atoms with E-state index in [2.05, 4.69) is 15.4 Å². The Kier molecular flexibility index (Phi) is 3.71. The van der Waals surface area contributed by atoms with E-state index in [4.69, 9.17) is 22.7 Å². The van der Waals surface area contributed by atoms with Gasteiger partial charge in [-0.1, -0.05) is 17.7 Å². The van der Waals surface area contributed by atoms with Crippen molar-refractivity contribution in [3.63, 3.8) is 0 Å². The fraction of sp³-hybridized carbons (Fsp3) is 0.167. The summed E-state index contributed by atoms with van der Waals surface area (Å²) in [6.07, 6.45) is 0. The molecule has 1 heterocycles. The van der Waals surface area contributed by atoms with Crippen molar-refractivity contribution in [3.8, 4) is 0 Å². The Morgan fingerprint density at radius 3 is 2.85 bits per heavy atom. The third kappa shape index (κ3) is 2.62. The Balaban J connectivity index is 2.47. The smallest absolute Gasteiger partial charge is 0.247 e. The van der Waals surface area contributed by atoms with Gasteiger partial charge in [0.2, 0.25) is 11.9 Å². The van der Waals surface area contributed by atoms with Crippen LogP contribution in [0.3, 0.4) is 0 Å². The van der Waals surface area contributed by atoms with Crippen LogP contribution in [-0.2, 0) is 0 Å². The number of halogens is 1. The van der Waals surface area contributed by atoms with Crippen molar-refractivity contribution in [1.82, 2.24) is 14.8 Å². The van der Waals surface area contributed by atoms with Gasteiger partial charge in [0.1, 0.15) is 0 Å². The standard InChI is InChI=1S/C12H13ClN6O/c1-6-8(13)4-3-5-9(6)16-12-17-10(14)11(15)19(18-12)7(2)20/h3-5,15H,1-2H3,(H3,14,16,17,18). The molecule has 0 amide bonds. The first-order valence-electron chi connectivity index (χ1n) is 5.74. The summed E-state index contributed by atoms with van der Waals surface area (Å²) in [4.78, 5) is 15.3. The molecule has 7 nitrogen and oxygen atoms in total. The molecule has 0 aliphatic heterocycles. The first kappa shape index (κ1) is 14.0. The average Bonchev–Trinajstić information content (AvgIpc) is 2.38. The van der Waals surface area contributed by atoms with Gasteiger partial charge in [-0.2, -0.15) is 9.67 Å². The zero-order valence-electron chi connectivity index (χ0n) is 10.9. The molecule has 0 bridgehead atoms. The summed E-state index contributed by atoms with van der Waals surface area (Å²) in [5.41, 5.74) is 6.88. The van der Waals surface area contributed by atoms with Gasteiger partial charge in [0.25, 0.3) is 0 Å². The molecule has 0 saturated carbocycles. The van der Waals surface area contributed by atoms with Crippen LogP contribution in [0, 0.1) is 12.3 Å². The molecule has 0 atom stereocenters. The van der Waals surface area contributed by atoms with E-state index in [0.29, 0.717) is 10.7 Å². The number of nitrogen functional groups attached to an aromatic ring is 1. The van der Waals surface area contributed by atoms with Crippen molar-refractivity contribution in [3.05, 3.63) is 34.3 Å². The number of nitrogens with one attached hydrogen (secondary N) is 2. The zero-order chi connectivity index (χ0) is 14.9. The minimum absolute atomic E-state index is 0.0858. The van der Waals surface area contributed by atoms with Crippen LogP contribution in [-0.4, -0.2) is 20.7 Å². The van der Waals surface area contributed by atoms with Crippen LogP contribution < -0.4 is 16.5 Å².